The smallest absolute Gasteiger partial charge is 0.317 e. The lowest BCUT2D eigenvalue weighted by atomic mass is 10.1. The van der Waals surface area contributed by atoms with Crippen molar-refractivity contribution in [2.45, 2.75) is 51.6 Å². The third kappa shape index (κ3) is 4.59. The number of piperazine rings is 1. The Labute approximate surface area is 126 Å². The Bertz CT molecular complexity index is 376. The van der Waals surface area contributed by atoms with Crippen molar-refractivity contribution in [1.29, 1.82) is 0 Å². The van der Waals surface area contributed by atoms with Gasteiger partial charge in [-0.2, -0.15) is 0 Å². The molecule has 0 aromatic rings. The topological polar surface area (TPSA) is 72.9 Å². The van der Waals surface area contributed by atoms with Crippen LogP contribution in [0.2, 0.25) is 0 Å². The summed E-state index contributed by atoms with van der Waals surface area (Å²) in [6, 6.07) is 0.251. The highest BCUT2D eigenvalue weighted by atomic mass is 16.4. The molecule has 6 nitrogen and oxygen atoms in total. The lowest BCUT2D eigenvalue weighted by molar-refractivity contribution is -0.137. The van der Waals surface area contributed by atoms with E-state index in [-0.39, 0.29) is 18.5 Å². The summed E-state index contributed by atoms with van der Waals surface area (Å²) in [5, 5.41) is 11.9. The van der Waals surface area contributed by atoms with Crippen molar-refractivity contribution >= 4 is 12.0 Å². The van der Waals surface area contributed by atoms with E-state index in [0.717, 1.165) is 45.4 Å². The summed E-state index contributed by atoms with van der Waals surface area (Å²) in [6.45, 7) is 7.63. The van der Waals surface area contributed by atoms with Crippen molar-refractivity contribution in [1.82, 2.24) is 15.1 Å². The third-order valence-corrected chi connectivity index (χ3v) is 4.71. The zero-order valence-electron chi connectivity index (χ0n) is 13.0. The Morgan fingerprint density at radius 1 is 1.24 bits per heavy atom. The second kappa shape index (κ2) is 7.11. The Morgan fingerprint density at radius 2 is 1.86 bits per heavy atom. The van der Waals surface area contributed by atoms with Crippen LogP contribution in [-0.4, -0.2) is 65.2 Å². The summed E-state index contributed by atoms with van der Waals surface area (Å²) in [4.78, 5) is 27.4. The number of hydrogen-bond donors (Lipinski definition) is 2. The van der Waals surface area contributed by atoms with Crippen molar-refractivity contribution in [2.24, 2.45) is 5.92 Å². The van der Waals surface area contributed by atoms with E-state index in [2.05, 4.69) is 24.1 Å². The highest BCUT2D eigenvalue weighted by Gasteiger charge is 2.35. The molecule has 2 aliphatic rings. The standard InChI is InChI=1S/C15H27N3O3/c1-3-11(2)17-6-8-18(9-7-17)15(21)16-13(10-14(19)20)12-4-5-12/h11-13H,3-10H2,1-2H3,(H,16,21)(H,19,20). The van der Waals surface area contributed by atoms with Gasteiger partial charge in [-0.1, -0.05) is 6.92 Å². The maximum Gasteiger partial charge on any atom is 0.317 e. The fourth-order valence-electron chi connectivity index (χ4n) is 2.90. The molecule has 2 unspecified atom stereocenters. The first-order valence-electron chi connectivity index (χ1n) is 8.02. The molecule has 0 bridgehead atoms. The number of nitrogens with one attached hydrogen (secondary N) is 1. The second-order valence-electron chi connectivity index (χ2n) is 6.27. The largest absolute Gasteiger partial charge is 0.481 e. The Hall–Kier alpha value is -1.30. The molecule has 1 heterocycles. The summed E-state index contributed by atoms with van der Waals surface area (Å²) >= 11 is 0. The third-order valence-electron chi connectivity index (χ3n) is 4.71. The molecule has 1 aliphatic carbocycles. The number of carboxylic acids is 1. The van der Waals surface area contributed by atoms with Crippen LogP contribution >= 0.6 is 0 Å². The van der Waals surface area contributed by atoms with Crippen molar-refractivity contribution < 1.29 is 14.7 Å². The van der Waals surface area contributed by atoms with E-state index in [1.165, 1.54) is 0 Å². The van der Waals surface area contributed by atoms with Crippen LogP contribution in [0.1, 0.15) is 39.5 Å². The summed E-state index contributed by atoms with van der Waals surface area (Å²) < 4.78 is 0. The number of aliphatic carboxylic acids is 1. The van der Waals surface area contributed by atoms with Crippen LogP contribution in [-0.2, 0) is 4.79 Å². The van der Waals surface area contributed by atoms with Gasteiger partial charge in [0.1, 0.15) is 0 Å². The number of rotatable bonds is 6. The lowest BCUT2D eigenvalue weighted by Crippen LogP contribution is -2.55. The van der Waals surface area contributed by atoms with Crippen LogP contribution in [0.5, 0.6) is 0 Å². The van der Waals surface area contributed by atoms with Gasteiger partial charge >= 0.3 is 12.0 Å². The average Bonchev–Trinajstić information content (AvgIpc) is 3.30. The van der Waals surface area contributed by atoms with E-state index in [1.54, 1.807) is 0 Å². The fourth-order valence-corrected chi connectivity index (χ4v) is 2.90. The Morgan fingerprint density at radius 3 is 2.33 bits per heavy atom. The zero-order chi connectivity index (χ0) is 15.4. The number of nitrogens with zero attached hydrogens (tertiary/aromatic N) is 2. The van der Waals surface area contributed by atoms with Crippen molar-refractivity contribution in [3.05, 3.63) is 0 Å². The maximum absolute atomic E-state index is 12.3. The molecule has 2 atom stereocenters. The quantitative estimate of drug-likeness (QED) is 0.776. The summed E-state index contributed by atoms with van der Waals surface area (Å²) in [5.74, 6) is -0.486. The molecule has 1 saturated heterocycles. The van der Waals surface area contributed by atoms with E-state index < -0.39 is 5.97 Å². The molecule has 21 heavy (non-hydrogen) atoms. The predicted octanol–water partition coefficient (Wildman–Crippen LogP) is 1.37. The molecular weight excluding hydrogens is 270 g/mol. The van der Waals surface area contributed by atoms with Gasteiger partial charge in [0.05, 0.1) is 6.42 Å². The monoisotopic (exact) mass is 297 g/mol. The molecule has 2 N–H and O–H groups in total. The molecule has 1 saturated carbocycles. The van der Waals surface area contributed by atoms with Gasteiger partial charge in [0.15, 0.2) is 0 Å². The van der Waals surface area contributed by atoms with Crippen molar-refractivity contribution in [3.8, 4) is 0 Å². The molecule has 120 valence electrons. The first-order valence-corrected chi connectivity index (χ1v) is 8.02. The van der Waals surface area contributed by atoms with Gasteiger partial charge in [-0.15, -0.1) is 0 Å². The van der Waals surface area contributed by atoms with Crippen LogP contribution < -0.4 is 5.32 Å². The minimum atomic E-state index is -0.839. The van der Waals surface area contributed by atoms with Gasteiger partial charge in [0.2, 0.25) is 0 Å². The molecule has 2 rings (SSSR count). The molecule has 6 heteroatoms. The molecule has 1 aliphatic heterocycles. The number of carboxylic acid groups (broad SMARTS) is 1. The molecule has 2 amide bonds. The van der Waals surface area contributed by atoms with Crippen LogP contribution in [0.25, 0.3) is 0 Å². The summed E-state index contributed by atoms with van der Waals surface area (Å²) in [5.41, 5.74) is 0. The Balaban J connectivity index is 1.79. The first kappa shape index (κ1) is 16.1. The minimum absolute atomic E-state index is 0.0310. The minimum Gasteiger partial charge on any atom is -0.481 e. The van der Waals surface area contributed by atoms with Crippen molar-refractivity contribution in [3.63, 3.8) is 0 Å². The van der Waals surface area contributed by atoms with Gasteiger partial charge in [-0.3, -0.25) is 9.69 Å². The molecule has 0 aromatic carbocycles. The number of amides is 2. The van der Waals surface area contributed by atoms with E-state index in [9.17, 15) is 9.59 Å². The molecule has 0 spiro atoms. The van der Waals surface area contributed by atoms with Gasteiger partial charge in [0, 0.05) is 38.3 Å². The lowest BCUT2D eigenvalue weighted by Gasteiger charge is -2.38. The predicted molar refractivity (Wildman–Crippen MR) is 80.2 cm³/mol. The van der Waals surface area contributed by atoms with Crippen LogP contribution in [0, 0.1) is 5.92 Å². The van der Waals surface area contributed by atoms with Crippen LogP contribution in [0.15, 0.2) is 0 Å². The van der Waals surface area contributed by atoms with Gasteiger partial charge < -0.3 is 15.3 Å². The number of carbonyl (C=O) groups excluding carboxylic acids is 1. The molecule has 0 radical (unpaired) electrons. The Kier molecular flexibility index (Phi) is 5.45. The van der Waals surface area contributed by atoms with E-state index >= 15 is 0 Å². The number of carbonyl (C=O) groups is 2. The van der Waals surface area contributed by atoms with E-state index in [0.29, 0.717) is 12.0 Å². The van der Waals surface area contributed by atoms with Gasteiger partial charge in [-0.05, 0) is 32.1 Å². The van der Waals surface area contributed by atoms with Gasteiger partial charge in [0.25, 0.3) is 0 Å². The SMILES string of the molecule is CCC(C)N1CCN(C(=O)NC(CC(=O)O)C2CC2)CC1. The van der Waals surface area contributed by atoms with E-state index in [1.807, 2.05) is 4.90 Å². The average molecular weight is 297 g/mol. The fraction of sp³-hybridized carbons (Fsp3) is 0.867. The first-order chi connectivity index (χ1) is 10.0. The van der Waals surface area contributed by atoms with Crippen LogP contribution in [0.3, 0.4) is 0 Å². The molecule has 2 fully saturated rings. The highest BCUT2D eigenvalue weighted by Crippen LogP contribution is 2.34. The van der Waals surface area contributed by atoms with Crippen LogP contribution in [0.4, 0.5) is 4.79 Å². The molecule has 0 aromatic heterocycles. The maximum atomic E-state index is 12.3. The number of urea groups is 1. The summed E-state index contributed by atoms with van der Waals surface area (Å²) in [7, 11) is 0. The molecular formula is C15H27N3O3. The van der Waals surface area contributed by atoms with E-state index in [4.69, 9.17) is 5.11 Å². The zero-order valence-corrected chi connectivity index (χ0v) is 13.0. The van der Waals surface area contributed by atoms with Crippen molar-refractivity contribution in [2.75, 3.05) is 26.2 Å². The second-order valence-corrected chi connectivity index (χ2v) is 6.27. The highest BCUT2D eigenvalue weighted by molar-refractivity contribution is 5.76. The summed E-state index contributed by atoms with van der Waals surface area (Å²) in [6.07, 6.45) is 3.21. The normalized spacial score (nSPS) is 22.7. The number of hydrogen-bond acceptors (Lipinski definition) is 3. The van der Waals surface area contributed by atoms with Gasteiger partial charge in [-0.25, -0.2) is 4.79 Å².